The third kappa shape index (κ3) is 3.35. The fourth-order valence-corrected chi connectivity index (χ4v) is 3.50. The van der Waals surface area contributed by atoms with Crippen LogP contribution in [0.2, 0.25) is 0 Å². The van der Waals surface area contributed by atoms with Crippen LogP contribution < -0.4 is 0 Å². The molecule has 0 saturated carbocycles. The molecule has 0 amide bonds. The highest BCUT2D eigenvalue weighted by Crippen LogP contribution is 2.38. The second kappa shape index (κ2) is 5.44. The zero-order valence-corrected chi connectivity index (χ0v) is 12.3. The van der Waals surface area contributed by atoms with E-state index in [-0.39, 0.29) is 0 Å². The molecule has 1 nitrogen and oxygen atoms in total. The highest BCUT2D eigenvalue weighted by Gasteiger charge is 2.33. The van der Waals surface area contributed by atoms with Crippen molar-refractivity contribution in [2.24, 2.45) is 17.3 Å². The van der Waals surface area contributed by atoms with Crippen LogP contribution in [0.5, 0.6) is 0 Å². The van der Waals surface area contributed by atoms with E-state index in [0.717, 1.165) is 18.4 Å². The Balaban J connectivity index is 1.93. The first-order valence-electron chi connectivity index (χ1n) is 7.23. The summed E-state index contributed by atoms with van der Waals surface area (Å²) in [6, 6.07) is 10.8. The Labute approximate surface area is 112 Å². The summed E-state index contributed by atoms with van der Waals surface area (Å²) >= 11 is 0. The largest absolute Gasteiger partial charge is 0.299 e. The number of nitrogens with zero attached hydrogens (tertiary/aromatic N) is 1. The highest BCUT2D eigenvalue weighted by atomic mass is 15.1. The summed E-state index contributed by atoms with van der Waals surface area (Å²) in [7, 11) is 0. The van der Waals surface area contributed by atoms with Crippen LogP contribution in [0, 0.1) is 17.3 Å². The normalized spacial score (nSPS) is 26.2. The topological polar surface area (TPSA) is 3.24 Å². The Morgan fingerprint density at radius 2 is 1.83 bits per heavy atom. The summed E-state index contributed by atoms with van der Waals surface area (Å²) in [6.45, 7) is 13.2. The van der Waals surface area contributed by atoms with Gasteiger partial charge in [0, 0.05) is 13.1 Å². The summed E-state index contributed by atoms with van der Waals surface area (Å²) in [5.74, 6) is 1.67. The van der Waals surface area contributed by atoms with Gasteiger partial charge >= 0.3 is 0 Å². The molecule has 1 heteroatoms. The molecule has 0 spiro atoms. The van der Waals surface area contributed by atoms with E-state index in [1.807, 2.05) is 0 Å². The molecule has 2 atom stereocenters. The summed E-state index contributed by atoms with van der Waals surface area (Å²) in [4.78, 5) is 2.61. The van der Waals surface area contributed by atoms with E-state index in [1.54, 1.807) is 0 Å². The molecule has 1 aromatic carbocycles. The van der Waals surface area contributed by atoms with Crippen LogP contribution in [0.3, 0.4) is 0 Å². The molecule has 18 heavy (non-hydrogen) atoms. The van der Waals surface area contributed by atoms with Crippen molar-refractivity contribution in [1.29, 1.82) is 0 Å². The zero-order valence-electron chi connectivity index (χ0n) is 12.3. The van der Waals surface area contributed by atoms with E-state index < -0.39 is 0 Å². The number of benzene rings is 1. The van der Waals surface area contributed by atoms with Gasteiger partial charge in [0.1, 0.15) is 0 Å². The van der Waals surface area contributed by atoms with Crippen molar-refractivity contribution in [3.8, 4) is 0 Å². The van der Waals surface area contributed by atoms with Gasteiger partial charge in [-0.15, -0.1) is 0 Å². The molecule has 2 unspecified atom stereocenters. The number of hydrogen-bond donors (Lipinski definition) is 0. The van der Waals surface area contributed by atoms with Gasteiger partial charge in [-0.05, 0) is 35.8 Å². The Morgan fingerprint density at radius 1 is 1.17 bits per heavy atom. The van der Waals surface area contributed by atoms with Crippen LogP contribution in [0.15, 0.2) is 30.3 Å². The molecule has 1 heterocycles. The van der Waals surface area contributed by atoms with Crippen molar-refractivity contribution in [3.05, 3.63) is 35.9 Å². The predicted molar refractivity (Wildman–Crippen MR) is 78.4 cm³/mol. The highest BCUT2D eigenvalue weighted by molar-refractivity contribution is 5.14. The molecule has 100 valence electrons. The molecule has 0 bridgehead atoms. The lowest BCUT2D eigenvalue weighted by Gasteiger charge is -2.43. The Hall–Kier alpha value is -0.820. The minimum Gasteiger partial charge on any atom is -0.299 e. The predicted octanol–water partition coefficient (Wildman–Crippen LogP) is 4.19. The molecule has 0 aromatic heterocycles. The SMILES string of the molecule is CC1CN(Cc2ccccc2)CCC1C(C)(C)C. The lowest BCUT2D eigenvalue weighted by Crippen LogP contribution is -2.43. The molecule has 0 radical (unpaired) electrons. The third-order valence-corrected chi connectivity index (χ3v) is 4.35. The smallest absolute Gasteiger partial charge is 0.0233 e. The van der Waals surface area contributed by atoms with Crippen molar-refractivity contribution < 1.29 is 0 Å². The van der Waals surface area contributed by atoms with Gasteiger partial charge in [0.05, 0.1) is 0 Å². The van der Waals surface area contributed by atoms with E-state index in [9.17, 15) is 0 Å². The fraction of sp³-hybridized carbons (Fsp3) is 0.647. The standard InChI is InChI=1S/C17H27N/c1-14-12-18(11-10-16(14)17(2,3)4)13-15-8-6-5-7-9-15/h5-9,14,16H,10-13H2,1-4H3. The first kappa shape index (κ1) is 13.6. The molecular weight excluding hydrogens is 218 g/mol. The first-order chi connectivity index (χ1) is 8.47. The van der Waals surface area contributed by atoms with Crippen molar-refractivity contribution in [3.63, 3.8) is 0 Å². The molecule has 1 aliphatic rings. The van der Waals surface area contributed by atoms with Gasteiger partial charge < -0.3 is 0 Å². The maximum Gasteiger partial charge on any atom is 0.0233 e. The van der Waals surface area contributed by atoms with Crippen LogP contribution in [0.1, 0.15) is 39.7 Å². The number of piperidine rings is 1. The average Bonchev–Trinajstić information content (AvgIpc) is 2.28. The minimum absolute atomic E-state index is 0.457. The van der Waals surface area contributed by atoms with Crippen LogP contribution >= 0.6 is 0 Å². The van der Waals surface area contributed by atoms with E-state index in [4.69, 9.17) is 0 Å². The van der Waals surface area contributed by atoms with Crippen molar-refractivity contribution in [2.45, 2.75) is 40.7 Å². The zero-order chi connectivity index (χ0) is 13.2. The van der Waals surface area contributed by atoms with E-state index in [1.165, 1.54) is 25.1 Å². The summed E-state index contributed by atoms with van der Waals surface area (Å²) in [5, 5.41) is 0. The number of hydrogen-bond acceptors (Lipinski definition) is 1. The van der Waals surface area contributed by atoms with Crippen LogP contribution in [-0.4, -0.2) is 18.0 Å². The molecule has 1 saturated heterocycles. The fourth-order valence-electron chi connectivity index (χ4n) is 3.50. The molecule has 0 N–H and O–H groups in total. The Kier molecular flexibility index (Phi) is 4.11. The van der Waals surface area contributed by atoms with E-state index >= 15 is 0 Å². The van der Waals surface area contributed by atoms with Gasteiger partial charge in [-0.1, -0.05) is 58.0 Å². The van der Waals surface area contributed by atoms with Gasteiger partial charge in [-0.2, -0.15) is 0 Å². The Morgan fingerprint density at radius 3 is 2.39 bits per heavy atom. The monoisotopic (exact) mass is 245 g/mol. The van der Waals surface area contributed by atoms with Gasteiger partial charge in [0.2, 0.25) is 0 Å². The quantitative estimate of drug-likeness (QED) is 0.755. The van der Waals surface area contributed by atoms with Crippen LogP contribution in [0.4, 0.5) is 0 Å². The lowest BCUT2D eigenvalue weighted by molar-refractivity contribution is 0.0560. The molecule has 2 rings (SSSR count). The maximum absolute atomic E-state index is 2.61. The Bertz CT molecular complexity index is 363. The molecule has 1 aromatic rings. The first-order valence-corrected chi connectivity index (χ1v) is 7.23. The number of rotatable bonds is 2. The van der Waals surface area contributed by atoms with Gasteiger partial charge in [-0.25, -0.2) is 0 Å². The number of likely N-dealkylation sites (tertiary alicyclic amines) is 1. The molecule has 1 aliphatic heterocycles. The van der Waals surface area contributed by atoms with Crippen molar-refractivity contribution in [1.82, 2.24) is 4.90 Å². The van der Waals surface area contributed by atoms with Crippen molar-refractivity contribution in [2.75, 3.05) is 13.1 Å². The van der Waals surface area contributed by atoms with E-state index in [0.29, 0.717) is 5.41 Å². The second-order valence-corrected chi connectivity index (χ2v) is 6.96. The maximum atomic E-state index is 2.61. The van der Waals surface area contributed by atoms with Crippen LogP contribution in [-0.2, 0) is 6.54 Å². The lowest BCUT2D eigenvalue weighted by atomic mass is 9.70. The van der Waals surface area contributed by atoms with E-state index in [2.05, 4.69) is 62.9 Å². The van der Waals surface area contributed by atoms with Crippen LogP contribution in [0.25, 0.3) is 0 Å². The summed E-state index contributed by atoms with van der Waals surface area (Å²) < 4.78 is 0. The molecule has 0 aliphatic carbocycles. The minimum atomic E-state index is 0.457. The molecule has 1 fully saturated rings. The second-order valence-electron chi connectivity index (χ2n) is 6.96. The molecular formula is C17H27N. The van der Waals surface area contributed by atoms with Gasteiger partial charge in [0.15, 0.2) is 0 Å². The average molecular weight is 245 g/mol. The summed E-state index contributed by atoms with van der Waals surface area (Å²) in [6.07, 6.45) is 1.34. The summed E-state index contributed by atoms with van der Waals surface area (Å²) in [5.41, 5.74) is 1.90. The third-order valence-electron chi connectivity index (χ3n) is 4.35. The van der Waals surface area contributed by atoms with Gasteiger partial charge in [0.25, 0.3) is 0 Å². The van der Waals surface area contributed by atoms with Gasteiger partial charge in [-0.3, -0.25) is 4.90 Å². The van der Waals surface area contributed by atoms with Crippen molar-refractivity contribution >= 4 is 0 Å².